The number of hydrogen-bond acceptors (Lipinski definition) is 4. The third-order valence-corrected chi connectivity index (χ3v) is 2.87. The van der Waals surface area contributed by atoms with Crippen LogP contribution in [0.3, 0.4) is 0 Å². The van der Waals surface area contributed by atoms with Crippen molar-refractivity contribution in [3.63, 3.8) is 0 Å². The number of cyclic esters (lactones) is 1. The van der Waals surface area contributed by atoms with Crippen LogP contribution in [0, 0.1) is 0 Å². The molecule has 2 amide bonds. The Morgan fingerprint density at radius 1 is 1.40 bits per heavy atom. The minimum atomic E-state index is -0.723. The first-order valence-electron chi connectivity index (χ1n) is 5.67. The molecule has 0 radical (unpaired) electrons. The quantitative estimate of drug-likeness (QED) is 0.635. The molecule has 2 rings (SSSR count). The number of allylic oxidation sites excluding steroid dienone is 2. The number of imide groups is 1. The summed E-state index contributed by atoms with van der Waals surface area (Å²) in [6.07, 6.45) is 2.18. The van der Waals surface area contributed by atoms with Crippen LogP contribution >= 0.6 is 11.6 Å². The Hall–Kier alpha value is -2.40. The Kier molecular flexibility index (Phi) is 4.00. The lowest BCUT2D eigenvalue weighted by Crippen LogP contribution is -2.23. The Labute approximate surface area is 120 Å². The van der Waals surface area contributed by atoms with Crippen molar-refractivity contribution in [2.75, 3.05) is 7.05 Å². The minimum Gasteiger partial charge on any atom is -0.404 e. The molecular weight excluding hydrogens is 280 g/mol. The van der Waals surface area contributed by atoms with Crippen LogP contribution in [-0.2, 0) is 9.53 Å². The molecule has 0 unspecified atom stereocenters. The smallest absolute Gasteiger partial charge is 0.404 e. The SMILES string of the molecule is C=Nc1ccccc1/C=C(Cl)/C=C1/OC(=O)N(C)C1=O. The first kappa shape index (κ1) is 14.0. The highest BCUT2D eigenvalue weighted by atomic mass is 35.5. The van der Waals surface area contributed by atoms with Crippen molar-refractivity contribution in [2.45, 2.75) is 0 Å². The first-order chi connectivity index (χ1) is 9.52. The Bertz CT molecular complexity index is 650. The second-order valence-electron chi connectivity index (χ2n) is 3.99. The highest BCUT2D eigenvalue weighted by Crippen LogP contribution is 2.24. The van der Waals surface area contributed by atoms with Gasteiger partial charge in [0, 0.05) is 23.7 Å². The molecule has 1 saturated heterocycles. The molecule has 1 aliphatic heterocycles. The summed E-state index contributed by atoms with van der Waals surface area (Å²) in [6.45, 7) is 3.47. The summed E-state index contributed by atoms with van der Waals surface area (Å²) >= 11 is 6.05. The number of nitrogens with zero attached hydrogens (tertiary/aromatic N) is 2. The van der Waals surface area contributed by atoms with Gasteiger partial charge in [-0.3, -0.25) is 9.79 Å². The van der Waals surface area contributed by atoms with Crippen LogP contribution in [0.4, 0.5) is 10.5 Å². The monoisotopic (exact) mass is 290 g/mol. The second kappa shape index (κ2) is 5.71. The van der Waals surface area contributed by atoms with E-state index in [1.165, 1.54) is 13.1 Å². The maximum atomic E-state index is 11.6. The van der Waals surface area contributed by atoms with Gasteiger partial charge in [-0.2, -0.15) is 0 Å². The van der Waals surface area contributed by atoms with Crippen LogP contribution in [0.5, 0.6) is 0 Å². The Morgan fingerprint density at radius 3 is 2.70 bits per heavy atom. The van der Waals surface area contributed by atoms with Gasteiger partial charge < -0.3 is 4.74 Å². The average molecular weight is 291 g/mol. The molecule has 1 heterocycles. The van der Waals surface area contributed by atoms with Crippen molar-refractivity contribution in [1.82, 2.24) is 4.90 Å². The van der Waals surface area contributed by atoms with E-state index >= 15 is 0 Å². The molecule has 5 nitrogen and oxygen atoms in total. The minimum absolute atomic E-state index is 0.109. The number of para-hydroxylation sites is 1. The van der Waals surface area contributed by atoms with Gasteiger partial charge in [0.05, 0.1) is 5.69 Å². The van der Waals surface area contributed by atoms with E-state index in [-0.39, 0.29) is 10.8 Å². The summed E-state index contributed by atoms with van der Waals surface area (Å²) in [5.41, 5.74) is 1.41. The lowest BCUT2D eigenvalue weighted by Gasteiger charge is -2.00. The van der Waals surface area contributed by atoms with Crippen molar-refractivity contribution in [3.8, 4) is 0 Å². The third kappa shape index (κ3) is 2.78. The fraction of sp³-hybridized carbons (Fsp3) is 0.0714. The molecule has 1 aromatic carbocycles. The molecule has 20 heavy (non-hydrogen) atoms. The zero-order valence-electron chi connectivity index (χ0n) is 10.7. The molecule has 0 bridgehead atoms. The fourth-order valence-electron chi connectivity index (χ4n) is 1.61. The zero-order chi connectivity index (χ0) is 14.7. The molecule has 1 aliphatic rings. The highest BCUT2D eigenvalue weighted by molar-refractivity contribution is 6.33. The molecule has 1 aromatic rings. The molecule has 0 aromatic heterocycles. The lowest BCUT2D eigenvalue weighted by atomic mass is 10.1. The van der Waals surface area contributed by atoms with Gasteiger partial charge in [0.15, 0.2) is 5.76 Å². The Balaban J connectivity index is 2.30. The van der Waals surface area contributed by atoms with Gasteiger partial charge in [-0.15, -0.1) is 0 Å². The van der Waals surface area contributed by atoms with Crippen LogP contribution < -0.4 is 0 Å². The van der Waals surface area contributed by atoms with E-state index in [4.69, 9.17) is 16.3 Å². The van der Waals surface area contributed by atoms with Gasteiger partial charge in [0.25, 0.3) is 5.91 Å². The molecule has 0 aliphatic carbocycles. The van der Waals surface area contributed by atoms with Crippen LogP contribution in [0.25, 0.3) is 6.08 Å². The number of carbonyl (C=O) groups excluding carboxylic acids is 2. The maximum absolute atomic E-state index is 11.6. The summed E-state index contributed by atoms with van der Waals surface area (Å²) in [6, 6.07) is 7.24. The number of rotatable bonds is 3. The van der Waals surface area contributed by atoms with E-state index in [2.05, 4.69) is 11.7 Å². The van der Waals surface area contributed by atoms with E-state index in [0.717, 1.165) is 10.5 Å². The third-order valence-electron chi connectivity index (χ3n) is 2.66. The predicted octanol–water partition coefficient (Wildman–Crippen LogP) is 3.09. The van der Waals surface area contributed by atoms with Crippen LogP contribution in [-0.4, -0.2) is 30.7 Å². The molecule has 0 atom stereocenters. The van der Waals surface area contributed by atoms with Crippen LogP contribution in [0.2, 0.25) is 0 Å². The number of benzene rings is 1. The summed E-state index contributed by atoms with van der Waals surface area (Å²) in [5, 5.41) is 0.243. The number of aliphatic imine (C=N–C) groups is 1. The van der Waals surface area contributed by atoms with Gasteiger partial charge in [-0.05, 0) is 18.9 Å². The summed E-state index contributed by atoms with van der Waals surface area (Å²) in [5.74, 6) is -0.639. The van der Waals surface area contributed by atoms with E-state index in [0.29, 0.717) is 5.69 Å². The van der Waals surface area contributed by atoms with E-state index in [1.807, 2.05) is 12.1 Å². The average Bonchev–Trinajstić information content (AvgIpc) is 2.67. The van der Waals surface area contributed by atoms with E-state index in [1.54, 1.807) is 18.2 Å². The molecular formula is C14H11ClN2O3. The molecule has 6 heteroatoms. The topological polar surface area (TPSA) is 59.0 Å². The highest BCUT2D eigenvalue weighted by Gasteiger charge is 2.33. The number of amides is 2. The second-order valence-corrected chi connectivity index (χ2v) is 4.42. The number of carbonyl (C=O) groups is 2. The molecule has 0 spiro atoms. The zero-order valence-corrected chi connectivity index (χ0v) is 11.4. The lowest BCUT2D eigenvalue weighted by molar-refractivity contribution is -0.122. The normalized spacial score (nSPS) is 17.6. The molecule has 1 fully saturated rings. The number of likely N-dealkylation sites (N-methyl/N-ethyl adjacent to an activating group) is 1. The van der Waals surface area contributed by atoms with Gasteiger partial charge in [-0.1, -0.05) is 29.8 Å². The number of halogens is 1. The van der Waals surface area contributed by atoms with Crippen LogP contribution in [0.1, 0.15) is 5.56 Å². The largest absolute Gasteiger partial charge is 0.422 e. The van der Waals surface area contributed by atoms with Crippen LogP contribution in [0.15, 0.2) is 46.1 Å². The predicted molar refractivity (Wildman–Crippen MR) is 76.8 cm³/mol. The Morgan fingerprint density at radius 2 is 2.10 bits per heavy atom. The van der Waals surface area contributed by atoms with Crippen molar-refractivity contribution < 1.29 is 14.3 Å². The van der Waals surface area contributed by atoms with Gasteiger partial charge in [0.2, 0.25) is 0 Å². The summed E-state index contributed by atoms with van der Waals surface area (Å²) in [4.78, 5) is 27.5. The molecule has 102 valence electrons. The van der Waals surface area contributed by atoms with Gasteiger partial charge in [0.1, 0.15) is 0 Å². The number of ether oxygens (including phenoxy) is 1. The van der Waals surface area contributed by atoms with E-state index < -0.39 is 12.0 Å². The maximum Gasteiger partial charge on any atom is 0.422 e. The molecule has 0 saturated carbocycles. The summed E-state index contributed by atoms with van der Waals surface area (Å²) < 4.78 is 4.79. The number of hydrogen-bond donors (Lipinski definition) is 0. The molecule has 0 N–H and O–H groups in total. The van der Waals surface area contributed by atoms with Crippen molar-refractivity contribution >= 4 is 42.1 Å². The first-order valence-corrected chi connectivity index (χ1v) is 6.05. The standard InChI is InChI=1S/C14H11ClN2O3/c1-16-11-6-4-3-5-9(11)7-10(15)8-12-13(18)17(2)14(19)20-12/h3-8H,1H2,2H3/b10-7-,12-8+. The van der Waals surface area contributed by atoms with Gasteiger partial charge >= 0.3 is 6.09 Å². The van der Waals surface area contributed by atoms with E-state index in [9.17, 15) is 9.59 Å². The van der Waals surface area contributed by atoms with Crippen molar-refractivity contribution in [2.24, 2.45) is 4.99 Å². The van der Waals surface area contributed by atoms with Crippen molar-refractivity contribution in [1.29, 1.82) is 0 Å². The van der Waals surface area contributed by atoms with Crippen molar-refractivity contribution in [3.05, 3.63) is 46.7 Å². The fourth-order valence-corrected chi connectivity index (χ4v) is 1.83. The van der Waals surface area contributed by atoms with Gasteiger partial charge in [-0.25, -0.2) is 9.69 Å². The summed E-state index contributed by atoms with van der Waals surface area (Å²) in [7, 11) is 1.33.